The smallest absolute Gasteiger partial charge is 0.387 e. The molecule has 0 aliphatic rings. The summed E-state index contributed by atoms with van der Waals surface area (Å²) >= 11 is 0. The molecule has 0 amide bonds. The van der Waals surface area contributed by atoms with Crippen LogP contribution >= 0.6 is 0 Å². The zero-order chi connectivity index (χ0) is 16.8. The summed E-state index contributed by atoms with van der Waals surface area (Å²) < 4.78 is 29.0. The first-order valence-electron chi connectivity index (χ1n) is 7.50. The highest BCUT2D eigenvalue weighted by molar-refractivity contribution is 5.31. The third-order valence-corrected chi connectivity index (χ3v) is 3.72. The van der Waals surface area contributed by atoms with Gasteiger partial charge in [-0.25, -0.2) is 0 Å². The van der Waals surface area contributed by atoms with E-state index in [-0.39, 0.29) is 24.4 Å². The fourth-order valence-electron chi connectivity index (χ4n) is 2.49. The average molecular weight is 321 g/mol. The van der Waals surface area contributed by atoms with Crippen molar-refractivity contribution in [3.8, 4) is 5.75 Å². The zero-order valence-electron chi connectivity index (χ0n) is 13.2. The molecule has 0 heterocycles. The maximum Gasteiger partial charge on any atom is 0.387 e. The van der Waals surface area contributed by atoms with E-state index in [9.17, 15) is 13.9 Å². The minimum absolute atomic E-state index is 0.00310. The van der Waals surface area contributed by atoms with E-state index < -0.39 is 6.61 Å². The number of aliphatic hydroxyl groups excluding tert-OH is 1. The number of benzene rings is 2. The van der Waals surface area contributed by atoms with E-state index in [4.69, 9.17) is 0 Å². The molecule has 2 unspecified atom stereocenters. The van der Waals surface area contributed by atoms with Gasteiger partial charge >= 0.3 is 6.61 Å². The monoisotopic (exact) mass is 321 g/mol. The van der Waals surface area contributed by atoms with Gasteiger partial charge in [-0.15, -0.1) is 0 Å². The quantitative estimate of drug-likeness (QED) is 0.803. The first-order valence-corrected chi connectivity index (χ1v) is 7.50. The first kappa shape index (κ1) is 17.4. The highest BCUT2D eigenvalue weighted by Gasteiger charge is 2.13. The molecule has 124 valence electrons. The Morgan fingerprint density at radius 3 is 2.22 bits per heavy atom. The molecule has 0 saturated heterocycles. The molecule has 0 bridgehead atoms. The van der Waals surface area contributed by atoms with Crippen LogP contribution in [-0.2, 0) is 6.61 Å². The molecule has 2 atom stereocenters. The van der Waals surface area contributed by atoms with E-state index in [1.807, 2.05) is 44.2 Å². The van der Waals surface area contributed by atoms with Crippen LogP contribution in [0.3, 0.4) is 0 Å². The van der Waals surface area contributed by atoms with Crippen molar-refractivity contribution < 1.29 is 18.6 Å². The van der Waals surface area contributed by atoms with Crippen molar-refractivity contribution in [2.45, 2.75) is 39.1 Å². The van der Waals surface area contributed by atoms with Crippen molar-refractivity contribution in [3.63, 3.8) is 0 Å². The Morgan fingerprint density at radius 1 is 1.00 bits per heavy atom. The maximum absolute atomic E-state index is 12.3. The van der Waals surface area contributed by atoms with Crippen molar-refractivity contribution in [1.82, 2.24) is 5.32 Å². The van der Waals surface area contributed by atoms with Gasteiger partial charge in [-0.3, -0.25) is 0 Å². The summed E-state index contributed by atoms with van der Waals surface area (Å²) in [6.07, 6.45) is 0. The van der Waals surface area contributed by atoms with Crippen LogP contribution in [0.1, 0.15) is 42.6 Å². The number of hydrogen-bond donors (Lipinski definition) is 2. The van der Waals surface area contributed by atoms with E-state index in [1.165, 1.54) is 6.07 Å². The van der Waals surface area contributed by atoms with Crippen molar-refractivity contribution in [2.24, 2.45) is 0 Å². The number of aliphatic hydroxyl groups is 1. The Balaban J connectivity index is 2.07. The third-order valence-electron chi connectivity index (χ3n) is 3.72. The molecule has 0 saturated carbocycles. The molecule has 23 heavy (non-hydrogen) atoms. The Kier molecular flexibility index (Phi) is 6.07. The molecule has 0 aliphatic carbocycles. The molecule has 5 heteroatoms. The van der Waals surface area contributed by atoms with Crippen LogP contribution in [0, 0.1) is 0 Å². The van der Waals surface area contributed by atoms with Gasteiger partial charge in [0, 0.05) is 12.1 Å². The molecule has 0 aromatic heterocycles. The Hall–Kier alpha value is -1.98. The lowest BCUT2D eigenvalue weighted by atomic mass is 10.0. The molecule has 0 spiro atoms. The largest absolute Gasteiger partial charge is 0.435 e. The highest BCUT2D eigenvalue weighted by Crippen LogP contribution is 2.24. The predicted molar refractivity (Wildman–Crippen MR) is 85.4 cm³/mol. The van der Waals surface area contributed by atoms with Crippen LogP contribution in [0.5, 0.6) is 5.75 Å². The van der Waals surface area contributed by atoms with Gasteiger partial charge in [0.05, 0.1) is 6.61 Å². The highest BCUT2D eigenvalue weighted by atomic mass is 19.3. The fraction of sp³-hybridized carbons (Fsp3) is 0.333. The second kappa shape index (κ2) is 8.04. The second-order valence-electron chi connectivity index (χ2n) is 5.46. The number of hydrogen-bond acceptors (Lipinski definition) is 3. The topological polar surface area (TPSA) is 41.5 Å². The standard InChI is InChI=1S/C18H21F2NO2/c1-12(15-6-3-5-14(9-15)11-22)21-13(2)16-7-4-8-17(10-16)23-18(19)20/h3-10,12-13,18,21-22H,11H2,1-2H3. The van der Waals surface area contributed by atoms with Gasteiger partial charge in [-0.05, 0) is 42.7 Å². The average Bonchev–Trinajstić information content (AvgIpc) is 2.54. The molecular formula is C18H21F2NO2. The lowest BCUT2D eigenvalue weighted by Crippen LogP contribution is -2.22. The van der Waals surface area contributed by atoms with Gasteiger partial charge in [0.15, 0.2) is 0 Å². The van der Waals surface area contributed by atoms with Gasteiger partial charge in [0.1, 0.15) is 5.75 Å². The first-order chi connectivity index (χ1) is 11.0. The van der Waals surface area contributed by atoms with Crippen LogP contribution in [-0.4, -0.2) is 11.7 Å². The van der Waals surface area contributed by atoms with Crippen LogP contribution in [0.4, 0.5) is 8.78 Å². The fourth-order valence-corrected chi connectivity index (χ4v) is 2.49. The summed E-state index contributed by atoms with van der Waals surface area (Å²) in [5.41, 5.74) is 2.79. The van der Waals surface area contributed by atoms with Crippen molar-refractivity contribution in [1.29, 1.82) is 0 Å². The number of halogens is 2. The number of rotatable bonds is 7. The van der Waals surface area contributed by atoms with Crippen LogP contribution < -0.4 is 10.1 Å². The van der Waals surface area contributed by atoms with E-state index >= 15 is 0 Å². The molecule has 0 radical (unpaired) electrons. The van der Waals surface area contributed by atoms with E-state index in [1.54, 1.807) is 12.1 Å². The van der Waals surface area contributed by atoms with Crippen LogP contribution in [0.2, 0.25) is 0 Å². The molecule has 3 nitrogen and oxygen atoms in total. The molecule has 0 fully saturated rings. The van der Waals surface area contributed by atoms with Crippen molar-refractivity contribution in [3.05, 3.63) is 65.2 Å². The van der Waals surface area contributed by atoms with E-state index in [0.29, 0.717) is 0 Å². The summed E-state index contributed by atoms with van der Waals surface area (Å²) in [5.74, 6) is 0.154. The van der Waals surface area contributed by atoms with Gasteiger partial charge in [-0.1, -0.05) is 36.4 Å². The van der Waals surface area contributed by atoms with Gasteiger partial charge < -0.3 is 15.2 Å². The van der Waals surface area contributed by atoms with Gasteiger partial charge in [0.25, 0.3) is 0 Å². The number of ether oxygens (including phenoxy) is 1. The molecule has 2 aromatic rings. The summed E-state index contributed by atoms with van der Waals surface area (Å²) in [5, 5.41) is 12.6. The maximum atomic E-state index is 12.3. The molecule has 2 N–H and O–H groups in total. The number of alkyl halides is 2. The summed E-state index contributed by atoms with van der Waals surface area (Å²) in [6, 6.07) is 14.4. The summed E-state index contributed by atoms with van der Waals surface area (Å²) in [6.45, 7) is 1.16. The summed E-state index contributed by atoms with van der Waals surface area (Å²) in [7, 11) is 0. The van der Waals surface area contributed by atoms with Crippen molar-refractivity contribution in [2.75, 3.05) is 0 Å². The lowest BCUT2D eigenvalue weighted by molar-refractivity contribution is -0.0499. The molecule has 2 rings (SSSR count). The van der Waals surface area contributed by atoms with Crippen LogP contribution in [0.25, 0.3) is 0 Å². The van der Waals surface area contributed by atoms with Gasteiger partial charge in [-0.2, -0.15) is 8.78 Å². The lowest BCUT2D eigenvalue weighted by Gasteiger charge is -2.21. The Labute approximate surface area is 134 Å². The molecule has 0 aliphatic heterocycles. The summed E-state index contributed by atoms with van der Waals surface area (Å²) in [4.78, 5) is 0. The van der Waals surface area contributed by atoms with Crippen LogP contribution in [0.15, 0.2) is 48.5 Å². The zero-order valence-corrected chi connectivity index (χ0v) is 13.2. The number of nitrogens with one attached hydrogen (secondary N) is 1. The minimum atomic E-state index is -2.83. The molecule has 2 aromatic carbocycles. The third kappa shape index (κ3) is 5.01. The van der Waals surface area contributed by atoms with E-state index in [0.717, 1.165) is 16.7 Å². The normalized spacial score (nSPS) is 13.8. The second-order valence-corrected chi connectivity index (χ2v) is 5.46. The van der Waals surface area contributed by atoms with E-state index in [2.05, 4.69) is 10.1 Å². The Bertz CT molecular complexity index is 634. The van der Waals surface area contributed by atoms with Gasteiger partial charge in [0.2, 0.25) is 0 Å². The minimum Gasteiger partial charge on any atom is -0.435 e. The molecular weight excluding hydrogens is 300 g/mol. The predicted octanol–water partition coefficient (Wildman–Crippen LogP) is 4.19. The van der Waals surface area contributed by atoms with Crippen molar-refractivity contribution >= 4 is 0 Å². The Morgan fingerprint density at radius 2 is 1.61 bits per heavy atom. The SMILES string of the molecule is CC(NC(C)c1cccc(OC(F)F)c1)c1cccc(CO)c1.